The van der Waals surface area contributed by atoms with E-state index in [9.17, 15) is 4.79 Å². The number of unbranched alkanes of at least 4 members (excludes halogenated alkanes) is 1. The molecule has 0 spiro atoms. The minimum atomic E-state index is -0.716. The number of benzene rings is 1. The molecule has 0 fully saturated rings. The van der Waals surface area contributed by atoms with Crippen LogP contribution < -0.4 is 4.74 Å². The van der Waals surface area contributed by atoms with Crippen LogP contribution in [0.25, 0.3) is 0 Å². The Morgan fingerprint density at radius 2 is 2.25 bits per heavy atom. The molecular formula is C12H16O3S. The molecule has 0 aliphatic carbocycles. The molecule has 0 aliphatic heterocycles. The van der Waals surface area contributed by atoms with Crippen molar-refractivity contribution < 1.29 is 14.6 Å². The van der Waals surface area contributed by atoms with Gasteiger partial charge >= 0.3 is 5.97 Å². The molecule has 0 radical (unpaired) electrons. The van der Waals surface area contributed by atoms with Gasteiger partial charge in [-0.25, -0.2) is 0 Å². The molecule has 1 rings (SSSR count). The number of thioether (sulfide) groups is 1. The maximum absolute atomic E-state index is 10.3. The second-order valence-corrected chi connectivity index (χ2v) is 4.55. The Bertz CT molecular complexity index is 339. The second-order valence-electron chi connectivity index (χ2n) is 3.38. The molecule has 1 aromatic rings. The average Bonchev–Trinajstić information content (AvgIpc) is 2.28. The molecule has 0 amide bonds. The highest BCUT2D eigenvalue weighted by Crippen LogP contribution is 2.23. The van der Waals surface area contributed by atoms with Crippen molar-refractivity contribution in [2.75, 3.05) is 12.9 Å². The van der Waals surface area contributed by atoms with Crippen LogP contribution >= 0.6 is 11.8 Å². The Labute approximate surface area is 99.8 Å². The van der Waals surface area contributed by atoms with Crippen LogP contribution in [0.5, 0.6) is 5.75 Å². The van der Waals surface area contributed by atoms with Crippen molar-refractivity contribution >= 4 is 17.7 Å². The van der Waals surface area contributed by atoms with Crippen LogP contribution in [-0.2, 0) is 4.79 Å². The van der Waals surface area contributed by atoms with E-state index in [2.05, 4.69) is 0 Å². The summed E-state index contributed by atoms with van der Waals surface area (Å²) in [7, 11) is 1.65. The molecule has 0 unspecified atom stereocenters. The van der Waals surface area contributed by atoms with Crippen molar-refractivity contribution in [3.63, 3.8) is 0 Å². The smallest absolute Gasteiger partial charge is 0.303 e. The highest BCUT2D eigenvalue weighted by atomic mass is 32.2. The lowest BCUT2D eigenvalue weighted by atomic mass is 10.2. The summed E-state index contributed by atoms with van der Waals surface area (Å²) in [6, 6.07) is 7.89. The van der Waals surface area contributed by atoms with Crippen molar-refractivity contribution in [1.29, 1.82) is 0 Å². The lowest BCUT2D eigenvalue weighted by Gasteiger charge is -2.03. The summed E-state index contributed by atoms with van der Waals surface area (Å²) in [5.74, 6) is 1.09. The Morgan fingerprint density at radius 1 is 1.44 bits per heavy atom. The number of carboxylic acids is 1. The highest BCUT2D eigenvalue weighted by molar-refractivity contribution is 7.99. The number of ether oxygens (including phenoxy) is 1. The Kier molecular flexibility index (Phi) is 5.78. The molecule has 1 aromatic carbocycles. The van der Waals surface area contributed by atoms with Crippen LogP contribution in [0, 0.1) is 0 Å². The van der Waals surface area contributed by atoms with Gasteiger partial charge in [-0.05, 0) is 36.8 Å². The first-order chi connectivity index (χ1) is 7.72. The summed E-state index contributed by atoms with van der Waals surface area (Å²) >= 11 is 1.73. The topological polar surface area (TPSA) is 46.5 Å². The zero-order valence-electron chi connectivity index (χ0n) is 9.31. The summed E-state index contributed by atoms with van der Waals surface area (Å²) < 4.78 is 5.12. The fourth-order valence-electron chi connectivity index (χ4n) is 1.26. The van der Waals surface area contributed by atoms with Crippen LogP contribution in [0.2, 0.25) is 0 Å². The number of rotatable bonds is 7. The van der Waals surface area contributed by atoms with Crippen LogP contribution in [0.3, 0.4) is 0 Å². The standard InChI is InChI=1S/C12H16O3S/c1-15-10-5-4-6-11(9-10)16-8-3-2-7-12(13)14/h4-6,9H,2-3,7-8H2,1H3,(H,13,14). The third kappa shape index (κ3) is 5.07. The fraction of sp³-hybridized carbons (Fsp3) is 0.417. The van der Waals surface area contributed by atoms with Gasteiger partial charge in [0.1, 0.15) is 5.75 Å². The molecule has 0 aromatic heterocycles. The maximum Gasteiger partial charge on any atom is 0.303 e. The van der Waals surface area contributed by atoms with E-state index in [1.165, 1.54) is 0 Å². The first kappa shape index (κ1) is 12.9. The molecule has 0 aliphatic rings. The lowest BCUT2D eigenvalue weighted by Crippen LogP contribution is -1.94. The third-order valence-electron chi connectivity index (χ3n) is 2.09. The van der Waals surface area contributed by atoms with Crippen molar-refractivity contribution in [3.05, 3.63) is 24.3 Å². The van der Waals surface area contributed by atoms with Gasteiger partial charge in [-0.1, -0.05) is 6.07 Å². The van der Waals surface area contributed by atoms with Gasteiger partial charge in [0.25, 0.3) is 0 Å². The molecule has 0 saturated carbocycles. The fourth-order valence-corrected chi connectivity index (χ4v) is 2.22. The van der Waals surface area contributed by atoms with Crippen molar-refractivity contribution in [2.45, 2.75) is 24.2 Å². The van der Waals surface area contributed by atoms with Gasteiger partial charge in [-0.3, -0.25) is 4.79 Å². The van der Waals surface area contributed by atoms with Crippen molar-refractivity contribution in [3.8, 4) is 5.75 Å². The minimum Gasteiger partial charge on any atom is -0.497 e. The molecule has 88 valence electrons. The highest BCUT2D eigenvalue weighted by Gasteiger charge is 1.99. The van der Waals surface area contributed by atoms with Crippen LogP contribution in [0.1, 0.15) is 19.3 Å². The van der Waals surface area contributed by atoms with E-state index in [1.54, 1.807) is 18.9 Å². The quantitative estimate of drug-likeness (QED) is 0.588. The first-order valence-corrected chi connectivity index (χ1v) is 6.19. The average molecular weight is 240 g/mol. The number of methoxy groups -OCH3 is 1. The summed E-state index contributed by atoms with van der Waals surface area (Å²) in [6.45, 7) is 0. The van der Waals surface area contributed by atoms with E-state index < -0.39 is 5.97 Å². The van der Waals surface area contributed by atoms with Crippen molar-refractivity contribution in [2.24, 2.45) is 0 Å². The Hall–Kier alpha value is -1.16. The number of hydrogen-bond donors (Lipinski definition) is 1. The third-order valence-corrected chi connectivity index (χ3v) is 3.17. The van der Waals surface area contributed by atoms with Crippen LogP contribution in [-0.4, -0.2) is 23.9 Å². The molecule has 0 saturated heterocycles. The second kappa shape index (κ2) is 7.17. The van der Waals surface area contributed by atoms with Gasteiger partial charge in [-0.15, -0.1) is 11.8 Å². The van der Waals surface area contributed by atoms with Crippen molar-refractivity contribution in [1.82, 2.24) is 0 Å². The normalized spacial score (nSPS) is 10.1. The number of carboxylic acid groups (broad SMARTS) is 1. The zero-order valence-corrected chi connectivity index (χ0v) is 10.1. The lowest BCUT2D eigenvalue weighted by molar-refractivity contribution is -0.137. The zero-order chi connectivity index (χ0) is 11.8. The predicted octanol–water partition coefficient (Wildman–Crippen LogP) is 3.04. The van der Waals surface area contributed by atoms with Gasteiger partial charge in [0.15, 0.2) is 0 Å². The number of carbonyl (C=O) groups is 1. The summed E-state index contributed by atoms with van der Waals surface area (Å²) in [4.78, 5) is 11.5. The molecule has 1 N–H and O–H groups in total. The van der Waals surface area contributed by atoms with Gasteiger partial charge in [0.2, 0.25) is 0 Å². The Morgan fingerprint density at radius 3 is 2.94 bits per heavy atom. The van der Waals surface area contributed by atoms with E-state index in [0.717, 1.165) is 29.2 Å². The van der Waals surface area contributed by atoms with E-state index in [4.69, 9.17) is 9.84 Å². The molecular weight excluding hydrogens is 224 g/mol. The summed E-state index contributed by atoms with van der Waals surface area (Å²) in [6.07, 6.45) is 1.93. The monoisotopic (exact) mass is 240 g/mol. The van der Waals surface area contributed by atoms with E-state index >= 15 is 0 Å². The Balaban J connectivity index is 2.23. The van der Waals surface area contributed by atoms with E-state index in [1.807, 2.05) is 24.3 Å². The maximum atomic E-state index is 10.3. The first-order valence-electron chi connectivity index (χ1n) is 5.21. The van der Waals surface area contributed by atoms with E-state index in [-0.39, 0.29) is 6.42 Å². The van der Waals surface area contributed by atoms with Crippen LogP contribution in [0.15, 0.2) is 29.2 Å². The van der Waals surface area contributed by atoms with Crippen LogP contribution in [0.4, 0.5) is 0 Å². The summed E-state index contributed by atoms with van der Waals surface area (Å²) in [5.41, 5.74) is 0. The SMILES string of the molecule is COc1cccc(SCCCCC(=O)O)c1. The van der Waals surface area contributed by atoms with Gasteiger partial charge < -0.3 is 9.84 Å². The van der Waals surface area contributed by atoms with E-state index in [0.29, 0.717) is 0 Å². The van der Waals surface area contributed by atoms with Gasteiger partial charge in [0, 0.05) is 11.3 Å². The molecule has 3 nitrogen and oxygen atoms in total. The molecule has 0 atom stereocenters. The molecule has 16 heavy (non-hydrogen) atoms. The summed E-state index contributed by atoms with van der Waals surface area (Å²) in [5, 5.41) is 8.47. The van der Waals surface area contributed by atoms with Gasteiger partial charge in [-0.2, -0.15) is 0 Å². The minimum absolute atomic E-state index is 0.263. The largest absolute Gasteiger partial charge is 0.497 e. The molecule has 4 heteroatoms. The number of hydrogen-bond acceptors (Lipinski definition) is 3. The molecule has 0 heterocycles. The molecule has 0 bridgehead atoms. The predicted molar refractivity (Wildman–Crippen MR) is 65.2 cm³/mol. The number of aliphatic carboxylic acids is 1. The van der Waals surface area contributed by atoms with Gasteiger partial charge in [0.05, 0.1) is 7.11 Å².